The molecule has 0 amide bonds. The molecule has 0 saturated heterocycles. The van der Waals surface area contributed by atoms with Crippen LogP contribution in [-0.4, -0.2) is 26.9 Å². The van der Waals surface area contributed by atoms with E-state index in [1.54, 1.807) is 0 Å². The summed E-state index contributed by atoms with van der Waals surface area (Å²) in [5.74, 6) is 0. The van der Waals surface area contributed by atoms with E-state index in [9.17, 15) is 5.11 Å². The molecule has 0 radical (unpaired) electrons. The lowest BCUT2D eigenvalue weighted by atomic mass is 9.94. The van der Waals surface area contributed by atoms with E-state index in [0.29, 0.717) is 6.54 Å². The quantitative estimate of drug-likeness (QED) is 0.842. The maximum atomic E-state index is 10.6. The molecular weight excluding hydrogens is 250 g/mol. The van der Waals surface area contributed by atoms with Gasteiger partial charge in [-0.15, -0.1) is 0 Å². The first-order chi connectivity index (χ1) is 9.77. The Hall–Kier alpha value is -1.39. The molecule has 108 valence electrons. The minimum Gasteiger partial charge on any atom is -0.389 e. The number of hydrogen-bond acceptors (Lipinski definition) is 3. The van der Waals surface area contributed by atoms with Gasteiger partial charge in [-0.05, 0) is 25.0 Å². The van der Waals surface area contributed by atoms with Crippen molar-refractivity contribution in [2.24, 2.45) is 0 Å². The van der Waals surface area contributed by atoms with E-state index in [2.05, 4.69) is 16.5 Å². The summed E-state index contributed by atoms with van der Waals surface area (Å²) in [7, 11) is 0. The molecule has 20 heavy (non-hydrogen) atoms. The van der Waals surface area contributed by atoms with Crippen molar-refractivity contribution in [2.45, 2.75) is 50.7 Å². The second-order valence-corrected chi connectivity index (χ2v) is 5.94. The lowest BCUT2D eigenvalue weighted by Crippen LogP contribution is -2.39. The van der Waals surface area contributed by atoms with Crippen LogP contribution in [-0.2, 0) is 6.54 Å². The molecule has 2 N–H and O–H groups in total. The van der Waals surface area contributed by atoms with Gasteiger partial charge in [-0.2, -0.15) is 5.10 Å². The monoisotopic (exact) mass is 273 g/mol. The predicted octanol–water partition coefficient (Wildman–Crippen LogP) is 2.51. The second kappa shape index (κ2) is 5.94. The molecule has 0 aliphatic heterocycles. The predicted molar refractivity (Wildman–Crippen MR) is 79.6 cm³/mol. The number of fused-ring (bicyclic) bond motifs is 1. The van der Waals surface area contributed by atoms with Crippen molar-refractivity contribution < 1.29 is 5.11 Å². The molecule has 0 spiro atoms. The van der Waals surface area contributed by atoms with Gasteiger partial charge in [0.05, 0.1) is 17.3 Å². The third-order valence-electron chi connectivity index (χ3n) is 4.31. The fourth-order valence-electron chi connectivity index (χ4n) is 3.12. The van der Waals surface area contributed by atoms with Gasteiger partial charge in [0.15, 0.2) is 0 Å². The average molecular weight is 273 g/mol. The largest absolute Gasteiger partial charge is 0.389 e. The lowest BCUT2D eigenvalue weighted by Gasteiger charge is -2.26. The fourth-order valence-corrected chi connectivity index (χ4v) is 3.12. The Morgan fingerprint density at radius 2 is 2.00 bits per heavy atom. The molecule has 4 nitrogen and oxygen atoms in total. The van der Waals surface area contributed by atoms with Crippen LogP contribution in [0.5, 0.6) is 0 Å². The molecule has 1 aliphatic rings. The topological polar surface area (TPSA) is 49.6 Å². The molecule has 1 fully saturated rings. The first-order valence-corrected chi connectivity index (χ1v) is 7.61. The molecule has 0 aromatic carbocycles. The maximum Gasteiger partial charge on any atom is 0.0771 e. The van der Waals surface area contributed by atoms with Gasteiger partial charge in [0.1, 0.15) is 0 Å². The summed E-state index contributed by atoms with van der Waals surface area (Å²) < 4.78 is 1.89. The van der Waals surface area contributed by atoms with Crippen molar-refractivity contribution >= 4 is 5.52 Å². The highest BCUT2D eigenvalue weighted by Gasteiger charge is 2.27. The Bertz CT molecular complexity index is 556. The third kappa shape index (κ3) is 3.02. The van der Waals surface area contributed by atoms with Crippen LogP contribution in [0.2, 0.25) is 0 Å². The Balaban J connectivity index is 1.59. The molecule has 0 unspecified atom stereocenters. The first kappa shape index (κ1) is 13.6. The molecule has 4 heteroatoms. The Labute approximate surface area is 119 Å². The molecule has 0 bridgehead atoms. The molecule has 1 aliphatic carbocycles. The zero-order valence-corrected chi connectivity index (χ0v) is 11.9. The Morgan fingerprint density at radius 3 is 2.80 bits per heavy atom. The van der Waals surface area contributed by atoms with E-state index in [1.807, 2.05) is 29.0 Å². The van der Waals surface area contributed by atoms with Gasteiger partial charge >= 0.3 is 0 Å². The van der Waals surface area contributed by atoms with E-state index < -0.39 is 5.60 Å². The Kier molecular flexibility index (Phi) is 4.03. The molecule has 2 aromatic rings. The highest BCUT2D eigenvalue weighted by atomic mass is 16.3. The van der Waals surface area contributed by atoms with Crippen LogP contribution >= 0.6 is 0 Å². The summed E-state index contributed by atoms with van der Waals surface area (Å²) in [4.78, 5) is 0. The molecular formula is C16H23N3O. The third-order valence-corrected chi connectivity index (χ3v) is 4.31. The first-order valence-electron chi connectivity index (χ1n) is 7.61. The van der Waals surface area contributed by atoms with Gasteiger partial charge in [0.25, 0.3) is 0 Å². The summed E-state index contributed by atoms with van der Waals surface area (Å²) in [6, 6.07) is 6.08. The van der Waals surface area contributed by atoms with Gasteiger partial charge in [0.2, 0.25) is 0 Å². The molecule has 0 atom stereocenters. The minimum atomic E-state index is -0.514. The van der Waals surface area contributed by atoms with Gasteiger partial charge in [-0.3, -0.25) is 0 Å². The van der Waals surface area contributed by atoms with Crippen LogP contribution in [0.3, 0.4) is 0 Å². The van der Waals surface area contributed by atoms with E-state index in [4.69, 9.17) is 0 Å². The summed E-state index contributed by atoms with van der Waals surface area (Å²) in [6.07, 6.45) is 10.5. The van der Waals surface area contributed by atoms with Gasteiger partial charge in [-0.25, -0.2) is 4.52 Å². The fraction of sp³-hybridized carbons (Fsp3) is 0.562. The van der Waals surface area contributed by atoms with Crippen LogP contribution in [0.4, 0.5) is 0 Å². The van der Waals surface area contributed by atoms with Crippen LogP contribution < -0.4 is 5.32 Å². The maximum absolute atomic E-state index is 10.6. The van der Waals surface area contributed by atoms with Crippen molar-refractivity contribution in [3.63, 3.8) is 0 Å². The highest BCUT2D eigenvalue weighted by Crippen LogP contribution is 2.26. The summed E-state index contributed by atoms with van der Waals surface area (Å²) in [5, 5.41) is 18.4. The zero-order chi connectivity index (χ0) is 13.8. The number of nitrogens with zero attached hydrogens (tertiary/aromatic N) is 2. The van der Waals surface area contributed by atoms with E-state index in [1.165, 1.54) is 18.4 Å². The SMILES string of the molecule is OC1(CNCc2cnn3ccccc23)CCCCCC1. The minimum absolute atomic E-state index is 0.514. The van der Waals surface area contributed by atoms with Crippen LogP contribution in [0, 0.1) is 0 Å². The van der Waals surface area contributed by atoms with E-state index in [-0.39, 0.29) is 0 Å². The smallest absolute Gasteiger partial charge is 0.0771 e. The van der Waals surface area contributed by atoms with Crippen LogP contribution in [0.25, 0.3) is 5.52 Å². The number of rotatable bonds is 4. The van der Waals surface area contributed by atoms with Gasteiger partial charge in [0, 0.05) is 24.8 Å². The summed E-state index contributed by atoms with van der Waals surface area (Å²) in [5.41, 5.74) is 1.80. The lowest BCUT2D eigenvalue weighted by molar-refractivity contribution is 0.0250. The number of aromatic nitrogens is 2. The van der Waals surface area contributed by atoms with Crippen molar-refractivity contribution in [3.8, 4) is 0 Å². The second-order valence-electron chi connectivity index (χ2n) is 5.94. The van der Waals surface area contributed by atoms with Crippen LogP contribution in [0.15, 0.2) is 30.6 Å². The summed E-state index contributed by atoms with van der Waals surface area (Å²) >= 11 is 0. The molecule has 3 rings (SSSR count). The number of nitrogens with one attached hydrogen (secondary N) is 1. The van der Waals surface area contributed by atoms with Crippen molar-refractivity contribution in [2.75, 3.05) is 6.54 Å². The Morgan fingerprint density at radius 1 is 1.20 bits per heavy atom. The standard InChI is InChI=1S/C16H23N3O/c20-16(8-4-1-2-5-9-16)13-17-11-14-12-18-19-10-6-3-7-15(14)19/h3,6-7,10,12,17,20H,1-2,4-5,8-9,11,13H2. The van der Waals surface area contributed by atoms with E-state index >= 15 is 0 Å². The number of hydrogen-bond donors (Lipinski definition) is 2. The van der Waals surface area contributed by atoms with Gasteiger partial charge < -0.3 is 10.4 Å². The molecule has 2 aromatic heterocycles. The van der Waals surface area contributed by atoms with Crippen molar-refractivity contribution in [1.29, 1.82) is 0 Å². The molecule has 2 heterocycles. The molecule has 1 saturated carbocycles. The zero-order valence-electron chi connectivity index (χ0n) is 11.9. The normalized spacial score (nSPS) is 19.1. The summed E-state index contributed by atoms with van der Waals surface area (Å²) in [6.45, 7) is 1.44. The van der Waals surface area contributed by atoms with Crippen LogP contribution in [0.1, 0.15) is 44.1 Å². The average Bonchev–Trinajstić information content (AvgIpc) is 2.74. The highest BCUT2D eigenvalue weighted by molar-refractivity contribution is 5.53. The number of pyridine rings is 1. The van der Waals surface area contributed by atoms with Gasteiger partial charge in [-0.1, -0.05) is 31.7 Å². The van der Waals surface area contributed by atoms with Crippen molar-refractivity contribution in [1.82, 2.24) is 14.9 Å². The van der Waals surface area contributed by atoms with E-state index in [0.717, 1.165) is 37.7 Å². The van der Waals surface area contributed by atoms with Crippen molar-refractivity contribution in [3.05, 3.63) is 36.2 Å². The number of aliphatic hydroxyl groups is 1.